The predicted octanol–water partition coefficient (Wildman–Crippen LogP) is 2.46. The average Bonchev–Trinajstić information content (AvgIpc) is 3.38. The zero-order valence-electron chi connectivity index (χ0n) is 16.2. The van der Waals surface area contributed by atoms with E-state index >= 15 is 0 Å². The van der Waals surface area contributed by atoms with Crippen molar-refractivity contribution in [1.82, 2.24) is 29.7 Å². The van der Waals surface area contributed by atoms with Gasteiger partial charge in [-0.3, -0.25) is 9.78 Å². The molecular formula is C20H24N6O2. The van der Waals surface area contributed by atoms with Crippen molar-refractivity contribution in [1.29, 1.82) is 0 Å². The van der Waals surface area contributed by atoms with E-state index in [2.05, 4.69) is 34.1 Å². The van der Waals surface area contributed by atoms with Crippen LogP contribution < -0.4 is 0 Å². The normalized spacial score (nSPS) is 16.8. The number of nitrogens with zero attached hydrogens (tertiary/aromatic N) is 6. The van der Waals surface area contributed by atoms with Crippen LogP contribution in [0.2, 0.25) is 0 Å². The fourth-order valence-corrected chi connectivity index (χ4v) is 3.48. The molecule has 1 aliphatic heterocycles. The van der Waals surface area contributed by atoms with Crippen LogP contribution in [-0.4, -0.2) is 54.9 Å². The van der Waals surface area contributed by atoms with E-state index in [0.29, 0.717) is 24.4 Å². The molecule has 0 bridgehead atoms. The highest BCUT2D eigenvalue weighted by atomic mass is 16.5. The third-order valence-electron chi connectivity index (χ3n) is 4.95. The van der Waals surface area contributed by atoms with Gasteiger partial charge >= 0.3 is 0 Å². The topological polar surface area (TPSA) is 85.5 Å². The Kier molecular flexibility index (Phi) is 5.29. The average molecular weight is 380 g/mol. The first kappa shape index (κ1) is 18.5. The summed E-state index contributed by atoms with van der Waals surface area (Å²) in [6.45, 7) is 5.82. The molecule has 8 heteroatoms. The van der Waals surface area contributed by atoms with Crippen molar-refractivity contribution in [3.8, 4) is 0 Å². The van der Waals surface area contributed by atoms with Gasteiger partial charge in [0.15, 0.2) is 5.65 Å². The molecule has 4 rings (SSSR count). The minimum atomic E-state index is -0.140. The van der Waals surface area contributed by atoms with Crippen LogP contribution in [0.5, 0.6) is 0 Å². The first-order chi connectivity index (χ1) is 13.6. The SMILES string of the molecule is CC(C)c1cc(C(=O)N(Cc2ccccn2)C[C@H]2CCCO2)nn2cnnc12. The Morgan fingerprint density at radius 3 is 3.00 bits per heavy atom. The second kappa shape index (κ2) is 8.02. The molecule has 28 heavy (non-hydrogen) atoms. The summed E-state index contributed by atoms with van der Waals surface area (Å²) in [6, 6.07) is 7.55. The van der Waals surface area contributed by atoms with E-state index < -0.39 is 0 Å². The molecule has 4 heterocycles. The lowest BCUT2D eigenvalue weighted by atomic mass is 10.0. The summed E-state index contributed by atoms with van der Waals surface area (Å²) in [5, 5.41) is 12.5. The maximum atomic E-state index is 13.4. The number of pyridine rings is 1. The van der Waals surface area contributed by atoms with Gasteiger partial charge in [0.05, 0.1) is 18.3 Å². The second-order valence-electron chi connectivity index (χ2n) is 7.38. The van der Waals surface area contributed by atoms with Gasteiger partial charge in [-0.25, -0.2) is 0 Å². The van der Waals surface area contributed by atoms with Gasteiger partial charge in [0.2, 0.25) is 0 Å². The zero-order chi connectivity index (χ0) is 19.5. The lowest BCUT2D eigenvalue weighted by Crippen LogP contribution is -2.37. The molecule has 1 fully saturated rings. The van der Waals surface area contributed by atoms with Crippen LogP contribution >= 0.6 is 0 Å². The van der Waals surface area contributed by atoms with Gasteiger partial charge in [-0.2, -0.15) is 9.61 Å². The predicted molar refractivity (Wildman–Crippen MR) is 103 cm³/mol. The number of hydrogen-bond acceptors (Lipinski definition) is 6. The van der Waals surface area contributed by atoms with Crippen molar-refractivity contribution in [2.24, 2.45) is 0 Å². The highest BCUT2D eigenvalue weighted by molar-refractivity contribution is 5.92. The van der Waals surface area contributed by atoms with E-state index in [1.807, 2.05) is 24.3 Å². The van der Waals surface area contributed by atoms with Crippen molar-refractivity contribution < 1.29 is 9.53 Å². The van der Waals surface area contributed by atoms with Gasteiger partial charge in [0.25, 0.3) is 5.91 Å². The van der Waals surface area contributed by atoms with Crippen LogP contribution in [0.3, 0.4) is 0 Å². The summed E-state index contributed by atoms with van der Waals surface area (Å²) >= 11 is 0. The summed E-state index contributed by atoms with van der Waals surface area (Å²) < 4.78 is 7.34. The summed E-state index contributed by atoms with van der Waals surface area (Å²) in [5.41, 5.74) is 2.85. The molecule has 0 aromatic carbocycles. The third-order valence-corrected chi connectivity index (χ3v) is 4.95. The Hall–Kier alpha value is -2.87. The van der Waals surface area contributed by atoms with Crippen molar-refractivity contribution in [2.45, 2.75) is 45.3 Å². The largest absolute Gasteiger partial charge is 0.376 e. The maximum absolute atomic E-state index is 13.4. The van der Waals surface area contributed by atoms with Crippen LogP contribution in [0.25, 0.3) is 5.65 Å². The van der Waals surface area contributed by atoms with E-state index in [0.717, 1.165) is 30.7 Å². The Balaban J connectivity index is 1.66. The van der Waals surface area contributed by atoms with E-state index in [9.17, 15) is 4.79 Å². The molecule has 1 aliphatic rings. The number of ether oxygens (including phenoxy) is 1. The molecule has 0 unspecified atom stereocenters. The Morgan fingerprint density at radius 1 is 1.39 bits per heavy atom. The van der Waals surface area contributed by atoms with Gasteiger partial charge in [-0.05, 0) is 37.0 Å². The summed E-state index contributed by atoms with van der Waals surface area (Å²) in [6.07, 6.45) is 5.31. The quantitative estimate of drug-likeness (QED) is 0.653. The van der Waals surface area contributed by atoms with Gasteiger partial charge in [0, 0.05) is 24.9 Å². The van der Waals surface area contributed by atoms with E-state index in [4.69, 9.17) is 4.74 Å². The van der Waals surface area contributed by atoms with Gasteiger partial charge < -0.3 is 9.64 Å². The minimum absolute atomic E-state index is 0.0517. The van der Waals surface area contributed by atoms with Gasteiger partial charge in [0.1, 0.15) is 12.0 Å². The Bertz CT molecular complexity index is 950. The molecule has 1 atom stereocenters. The molecule has 1 saturated heterocycles. The van der Waals surface area contributed by atoms with Crippen molar-refractivity contribution in [2.75, 3.05) is 13.2 Å². The van der Waals surface area contributed by atoms with E-state index in [1.165, 1.54) is 6.33 Å². The molecular weight excluding hydrogens is 356 g/mol. The monoisotopic (exact) mass is 380 g/mol. The first-order valence-corrected chi connectivity index (χ1v) is 9.63. The van der Waals surface area contributed by atoms with E-state index in [1.54, 1.807) is 15.6 Å². The molecule has 0 aliphatic carbocycles. The van der Waals surface area contributed by atoms with Gasteiger partial charge in [-0.1, -0.05) is 19.9 Å². The number of carbonyl (C=O) groups is 1. The number of carbonyl (C=O) groups excluding carboxylic acids is 1. The molecule has 8 nitrogen and oxygen atoms in total. The third kappa shape index (κ3) is 3.87. The smallest absolute Gasteiger partial charge is 0.274 e. The van der Waals surface area contributed by atoms with Gasteiger partial charge in [-0.15, -0.1) is 10.2 Å². The van der Waals surface area contributed by atoms with Crippen molar-refractivity contribution >= 4 is 11.6 Å². The van der Waals surface area contributed by atoms with Crippen LogP contribution in [0, 0.1) is 0 Å². The first-order valence-electron chi connectivity index (χ1n) is 9.63. The van der Waals surface area contributed by atoms with Crippen LogP contribution in [0.15, 0.2) is 36.8 Å². The minimum Gasteiger partial charge on any atom is -0.376 e. The van der Waals surface area contributed by atoms with Crippen molar-refractivity contribution in [3.05, 3.63) is 53.7 Å². The summed E-state index contributed by atoms with van der Waals surface area (Å²) in [7, 11) is 0. The lowest BCUT2D eigenvalue weighted by molar-refractivity contribution is 0.0499. The Morgan fingerprint density at radius 2 is 2.29 bits per heavy atom. The highest BCUT2D eigenvalue weighted by Crippen LogP contribution is 2.21. The molecule has 3 aromatic rings. The van der Waals surface area contributed by atoms with E-state index in [-0.39, 0.29) is 17.9 Å². The lowest BCUT2D eigenvalue weighted by Gasteiger charge is -2.25. The molecule has 0 saturated carbocycles. The molecule has 3 aromatic heterocycles. The molecule has 146 valence electrons. The molecule has 0 radical (unpaired) electrons. The number of fused-ring (bicyclic) bond motifs is 1. The standard InChI is InChI=1S/C20H24N6O2/c1-14(2)17-10-18(24-26-13-22-23-19(17)26)20(27)25(12-16-7-5-9-28-16)11-15-6-3-4-8-21-15/h3-4,6,8,10,13-14,16H,5,7,9,11-12H2,1-2H3/t16-/m1/s1. The summed E-state index contributed by atoms with van der Waals surface area (Å²) in [5.74, 6) is 0.0577. The fourth-order valence-electron chi connectivity index (χ4n) is 3.48. The zero-order valence-corrected chi connectivity index (χ0v) is 16.2. The number of rotatable bonds is 6. The molecule has 0 spiro atoms. The maximum Gasteiger partial charge on any atom is 0.274 e. The molecule has 0 N–H and O–H groups in total. The van der Waals surface area contributed by atoms with Crippen LogP contribution in [0.4, 0.5) is 0 Å². The van der Waals surface area contributed by atoms with Crippen LogP contribution in [0.1, 0.15) is 54.4 Å². The number of aromatic nitrogens is 5. The number of hydrogen-bond donors (Lipinski definition) is 0. The Labute approximate surface area is 163 Å². The van der Waals surface area contributed by atoms with Crippen LogP contribution in [-0.2, 0) is 11.3 Å². The molecule has 1 amide bonds. The van der Waals surface area contributed by atoms with Crippen molar-refractivity contribution in [3.63, 3.8) is 0 Å². The summed E-state index contributed by atoms with van der Waals surface area (Å²) in [4.78, 5) is 19.6. The second-order valence-corrected chi connectivity index (χ2v) is 7.38. The fraction of sp³-hybridized carbons (Fsp3) is 0.450. The number of amides is 1. The highest BCUT2D eigenvalue weighted by Gasteiger charge is 2.26.